The van der Waals surface area contributed by atoms with Gasteiger partial charge in [-0.2, -0.15) is 0 Å². The molecular formula is C28H30N4O. The van der Waals surface area contributed by atoms with E-state index in [9.17, 15) is 4.79 Å². The van der Waals surface area contributed by atoms with Crippen LogP contribution in [0.1, 0.15) is 35.9 Å². The van der Waals surface area contributed by atoms with Gasteiger partial charge in [0.05, 0.1) is 6.04 Å². The van der Waals surface area contributed by atoms with Crippen LogP contribution in [0.5, 0.6) is 0 Å². The molecule has 0 saturated carbocycles. The minimum absolute atomic E-state index is 0.122. The Bertz CT molecular complexity index is 1210. The number of hydrogen-bond donors (Lipinski definition) is 1. The average molecular weight is 439 g/mol. The average Bonchev–Trinajstić information content (AvgIpc) is 3.25. The van der Waals surface area contributed by atoms with E-state index in [0.717, 1.165) is 28.2 Å². The molecule has 0 aliphatic rings. The second-order valence-corrected chi connectivity index (χ2v) is 8.29. The third-order valence-corrected chi connectivity index (χ3v) is 5.84. The second-order valence-electron chi connectivity index (χ2n) is 8.29. The van der Waals surface area contributed by atoms with Gasteiger partial charge in [-0.3, -0.25) is 4.79 Å². The third kappa shape index (κ3) is 4.67. The van der Waals surface area contributed by atoms with Crippen LogP contribution >= 0.6 is 0 Å². The van der Waals surface area contributed by atoms with Gasteiger partial charge in [-0.25, -0.2) is 4.98 Å². The molecule has 1 heterocycles. The zero-order chi connectivity index (χ0) is 23.4. The van der Waals surface area contributed by atoms with Crippen LogP contribution in [0.15, 0.2) is 84.9 Å². The van der Waals surface area contributed by atoms with Gasteiger partial charge in [0.15, 0.2) is 0 Å². The maximum Gasteiger partial charge on any atom is 0.270 e. The molecule has 5 nitrogen and oxygen atoms in total. The van der Waals surface area contributed by atoms with Crippen molar-refractivity contribution in [2.75, 3.05) is 19.0 Å². The smallest absolute Gasteiger partial charge is 0.270 e. The summed E-state index contributed by atoms with van der Waals surface area (Å²) < 4.78 is 2.01. The highest BCUT2D eigenvalue weighted by molar-refractivity contribution is 6.00. The molecule has 1 N–H and O–H groups in total. The fourth-order valence-corrected chi connectivity index (χ4v) is 4.01. The van der Waals surface area contributed by atoms with E-state index in [1.165, 1.54) is 0 Å². The highest BCUT2D eigenvalue weighted by Gasteiger charge is 2.25. The summed E-state index contributed by atoms with van der Waals surface area (Å²) in [5, 5.41) is 3.18. The van der Waals surface area contributed by atoms with E-state index in [4.69, 9.17) is 4.98 Å². The topological polar surface area (TPSA) is 50.2 Å². The van der Waals surface area contributed by atoms with Crippen molar-refractivity contribution >= 4 is 11.6 Å². The van der Waals surface area contributed by atoms with E-state index in [1.807, 2.05) is 105 Å². The fourth-order valence-electron chi connectivity index (χ4n) is 4.01. The van der Waals surface area contributed by atoms with Crippen LogP contribution in [0.4, 0.5) is 5.69 Å². The SMILES string of the molecule is CCn1c(-c2ccccc2)nc(-c2ccc(N(C)C)cc2)c1C(=O)N[C@@H](C)c1ccccc1. The summed E-state index contributed by atoms with van der Waals surface area (Å²) in [5.74, 6) is 0.664. The summed E-state index contributed by atoms with van der Waals surface area (Å²) >= 11 is 0. The van der Waals surface area contributed by atoms with E-state index in [2.05, 4.69) is 22.3 Å². The Hall–Kier alpha value is -3.86. The van der Waals surface area contributed by atoms with Gasteiger partial charge in [-0.1, -0.05) is 72.8 Å². The molecule has 0 bridgehead atoms. The molecule has 1 amide bonds. The standard InChI is InChI=1S/C28H30N4O/c1-5-32-26(28(33)29-20(2)21-12-8-6-9-13-21)25(22-16-18-24(19-17-22)31(3)4)30-27(32)23-14-10-7-11-15-23/h6-20H,5H2,1-4H3,(H,29,33)/t20-/m0/s1. The lowest BCUT2D eigenvalue weighted by Gasteiger charge is -2.17. The zero-order valence-electron chi connectivity index (χ0n) is 19.6. The molecule has 1 aromatic heterocycles. The first-order valence-electron chi connectivity index (χ1n) is 11.3. The van der Waals surface area contributed by atoms with Gasteiger partial charge in [0.25, 0.3) is 5.91 Å². The lowest BCUT2D eigenvalue weighted by atomic mass is 10.1. The molecule has 33 heavy (non-hydrogen) atoms. The van der Waals surface area contributed by atoms with E-state index in [-0.39, 0.29) is 11.9 Å². The van der Waals surface area contributed by atoms with Crippen LogP contribution in [0, 0.1) is 0 Å². The largest absolute Gasteiger partial charge is 0.378 e. The summed E-state index contributed by atoms with van der Waals surface area (Å²) in [4.78, 5) is 20.7. The maximum absolute atomic E-state index is 13.6. The monoisotopic (exact) mass is 438 g/mol. The number of imidazole rings is 1. The highest BCUT2D eigenvalue weighted by atomic mass is 16.2. The van der Waals surface area contributed by atoms with Crippen LogP contribution in [-0.4, -0.2) is 29.6 Å². The van der Waals surface area contributed by atoms with Crippen LogP contribution < -0.4 is 10.2 Å². The van der Waals surface area contributed by atoms with Crippen LogP contribution in [0.3, 0.4) is 0 Å². The van der Waals surface area contributed by atoms with Crippen LogP contribution in [-0.2, 0) is 6.54 Å². The molecule has 4 rings (SSSR count). The van der Waals surface area contributed by atoms with Gasteiger partial charge in [-0.05, 0) is 31.5 Å². The van der Waals surface area contributed by atoms with Crippen molar-refractivity contribution in [2.45, 2.75) is 26.4 Å². The summed E-state index contributed by atoms with van der Waals surface area (Å²) in [7, 11) is 4.02. The van der Waals surface area contributed by atoms with Crippen molar-refractivity contribution < 1.29 is 4.79 Å². The zero-order valence-corrected chi connectivity index (χ0v) is 19.6. The van der Waals surface area contributed by atoms with Crippen molar-refractivity contribution in [2.24, 2.45) is 0 Å². The minimum Gasteiger partial charge on any atom is -0.378 e. The van der Waals surface area contributed by atoms with Crippen LogP contribution in [0.2, 0.25) is 0 Å². The molecule has 0 aliphatic heterocycles. The first-order chi connectivity index (χ1) is 16.0. The number of benzene rings is 3. The fraction of sp³-hybridized carbons (Fsp3) is 0.214. The predicted molar refractivity (Wildman–Crippen MR) is 135 cm³/mol. The van der Waals surface area contributed by atoms with Crippen LogP contribution in [0.25, 0.3) is 22.6 Å². The maximum atomic E-state index is 13.6. The Labute approximate surface area is 195 Å². The lowest BCUT2D eigenvalue weighted by molar-refractivity contribution is 0.0931. The van der Waals surface area contributed by atoms with Crippen molar-refractivity contribution in [1.82, 2.24) is 14.9 Å². The number of nitrogens with one attached hydrogen (secondary N) is 1. The number of rotatable bonds is 7. The van der Waals surface area contributed by atoms with Crippen molar-refractivity contribution in [3.63, 3.8) is 0 Å². The molecule has 0 radical (unpaired) electrons. The Morgan fingerprint density at radius 3 is 2.09 bits per heavy atom. The van der Waals surface area contributed by atoms with Gasteiger partial charge in [0, 0.05) is 37.5 Å². The van der Waals surface area contributed by atoms with Crippen molar-refractivity contribution in [3.05, 3.63) is 96.2 Å². The summed E-state index contributed by atoms with van der Waals surface area (Å²) in [6, 6.07) is 28.1. The number of carbonyl (C=O) groups excluding carboxylic acids is 1. The number of carbonyl (C=O) groups is 1. The number of nitrogens with zero attached hydrogens (tertiary/aromatic N) is 3. The van der Waals surface area contributed by atoms with E-state index in [0.29, 0.717) is 17.9 Å². The van der Waals surface area contributed by atoms with Gasteiger partial charge in [0.1, 0.15) is 17.2 Å². The second kappa shape index (κ2) is 9.74. The van der Waals surface area contributed by atoms with Gasteiger partial charge >= 0.3 is 0 Å². The molecule has 0 aliphatic carbocycles. The third-order valence-electron chi connectivity index (χ3n) is 5.84. The van der Waals surface area contributed by atoms with Gasteiger partial charge < -0.3 is 14.8 Å². The van der Waals surface area contributed by atoms with E-state index >= 15 is 0 Å². The Morgan fingerprint density at radius 1 is 0.909 bits per heavy atom. The summed E-state index contributed by atoms with van der Waals surface area (Å²) in [6.45, 7) is 4.68. The molecule has 3 aromatic carbocycles. The normalized spacial score (nSPS) is 11.8. The first-order valence-corrected chi connectivity index (χ1v) is 11.3. The molecule has 0 spiro atoms. The predicted octanol–water partition coefficient (Wildman–Crippen LogP) is 5.79. The number of aromatic nitrogens is 2. The lowest BCUT2D eigenvalue weighted by Crippen LogP contribution is -2.29. The van der Waals surface area contributed by atoms with E-state index < -0.39 is 0 Å². The molecule has 5 heteroatoms. The molecule has 168 valence electrons. The summed E-state index contributed by atoms with van der Waals surface area (Å²) in [5.41, 5.74) is 5.34. The van der Waals surface area contributed by atoms with E-state index in [1.54, 1.807) is 0 Å². The molecule has 0 unspecified atom stereocenters. The minimum atomic E-state index is -0.130. The number of amides is 1. The molecule has 4 aromatic rings. The molecule has 0 saturated heterocycles. The number of hydrogen-bond acceptors (Lipinski definition) is 3. The molecular weight excluding hydrogens is 408 g/mol. The van der Waals surface area contributed by atoms with Gasteiger partial charge in [0.2, 0.25) is 0 Å². The Balaban J connectivity index is 1.81. The Kier molecular flexibility index (Phi) is 6.59. The number of anilines is 1. The Morgan fingerprint density at radius 2 is 1.52 bits per heavy atom. The van der Waals surface area contributed by atoms with Crippen molar-refractivity contribution in [3.8, 4) is 22.6 Å². The highest BCUT2D eigenvalue weighted by Crippen LogP contribution is 2.31. The quantitative estimate of drug-likeness (QED) is 0.397. The van der Waals surface area contributed by atoms with Gasteiger partial charge in [-0.15, -0.1) is 0 Å². The molecule has 1 atom stereocenters. The molecule has 0 fully saturated rings. The van der Waals surface area contributed by atoms with Crippen molar-refractivity contribution in [1.29, 1.82) is 0 Å². The first kappa shape index (κ1) is 22.3. The summed E-state index contributed by atoms with van der Waals surface area (Å²) in [6.07, 6.45) is 0.